The molecule has 1 aliphatic rings. The molecule has 3 amide bonds. The molecule has 1 aromatic heterocycles. The summed E-state index contributed by atoms with van der Waals surface area (Å²) in [6.07, 6.45) is 12.9. The van der Waals surface area contributed by atoms with E-state index in [0.717, 1.165) is 47.5 Å². The number of hydrogen-bond donors (Lipinski definition) is 4. The molecule has 48 heavy (non-hydrogen) atoms. The summed E-state index contributed by atoms with van der Waals surface area (Å²) in [5.41, 5.74) is 4.27. The standard InChI is InChI=1S/C38H61N5O4S/c1-27(29-19-21-30(22-20-29)34-28(2)40-26-48-34)41-36(46)32-24-31(44)25-43(32)37(47)35(38(3,4)5)42-33(45)18-16-14-12-10-8-7-9-11-13-15-17-23-39-6/h19-22,26-27,31-32,35,39,44H,7-18,23-25H2,1-6H3,(H,41,46)(H,42,45)/t27?,31-,32+,35?/m1/s1. The third-order valence-corrected chi connectivity index (χ3v) is 10.4. The molecule has 10 heteroatoms. The van der Waals surface area contributed by atoms with Crippen LogP contribution in [0.15, 0.2) is 29.8 Å². The van der Waals surface area contributed by atoms with Gasteiger partial charge >= 0.3 is 0 Å². The molecule has 0 radical (unpaired) electrons. The molecule has 4 atom stereocenters. The van der Waals surface area contributed by atoms with E-state index in [1.807, 2.05) is 71.4 Å². The molecule has 4 N–H and O–H groups in total. The summed E-state index contributed by atoms with van der Waals surface area (Å²) in [4.78, 5) is 47.4. The molecule has 1 aliphatic heterocycles. The molecule has 0 saturated carbocycles. The number of aliphatic hydroxyl groups excluding tert-OH is 1. The van der Waals surface area contributed by atoms with Crippen molar-refractivity contribution >= 4 is 29.1 Å². The Morgan fingerprint density at radius 1 is 0.938 bits per heavy atom. The zero-order valence-electron chi connectivity index (χ0n) is 30.3. The minimum absolute atomic E-state index is 0.0625. The number of amides is 3. The van der Waals surface area contributed by atoms with Gasteiger partial charge in [0.15, 0.2) is 0 Å². The molecule has 1 fully saturated rings. The number of hydrogen-bond acceptors (Lipinski definition) is 7. The Hall–Kier alpha value is -2.82. The van der Waals surface area contributed by atoms with Crippen LogP contribution in [0.3, 0.4) is 0 Å². The number of carbonyl (C=O) groups excluding carboxylic acids is 3. The zero-order valence-corrected chi connectivity index (χ0v) is 31.1. The van der Waals surface area contributed by atoms with Gasteiger partial charge in [0.25, 0.3) is 0 Å². The number of unbranched alkanes of at least 4 members (excludes halogenated alkanes) is 10. The van der Waals surface area contributed by atoms with Crippen molar-refractivity contribution in [3.8, 4) is 10.4 Å². The average molecular weight is 684 g/mol. The van der Waals surface area contributed by atoms with E-state index in [0.29, 0.717) is 6.42 Å². The van der Waals surface area contributed by atoms with Crippen molar-refractivity contribution in [3.05, 3.63) is 41.0 Å². The molecule has 268 valence electrons. The lowest BCUT2D eigenvalue weighted by Crippen LogP contribution is -2.57. The smallest absolute Gasteiger partial charge is 0.246 e. The van der Waals surface area contributed by atoms with Crippen LogP contribution in [0.5, 0.6) is 0 Å². The monoisotopic (exact) mass is 683 g/mol. The molecule has 1 aromatic carbocycles. The zero-order chi connectivity index (χ0) is 35.1. The topological polar surface area (TPSA) is 124 Å². The Balaban J connectivity index is 1.46. The normalized spacial score (nSPS) is 17.7. The van der Waals surface area contributed by atoms with Crippen LogP contribution in [0.25, 0.3) is 10.4 Å². The number of β-amino-alcohol motifs (C(OH)–C–C–N with tert-alkyl or cyclic N) is 1. The summed E-state index contributed by atoms with van der Waals surface area (Å²) < 4.78 is 0. The second-order valence-electron chi connectivity index (χ2n) is 14.6. The van der Waals surface area contributed by atoms with Crippen LogP contribution in [-0.4, -0.2) is 71.0 Å². The summed E-state index contributed by atoms with van der Waals surface area (Å²) in [6.45, 7) is 10.8. The number of thiazole rings is 1. The van der Waals surface area contributed by atoms with E-state index >= 15 is 0 Å². The number of nitrogens with zero attached hydrogens (tertiary/aromatic N) is 2. The fraction of sp³-hybridized carbons (Fsp3) is 0.684. The first-order valence-corrected chi connectivity index (χ1v) is 19.0. The Labute approximate surface area is 293 Å². The van der Waals surface area contributed by atoms with Crippen molar-refractivity contribution < 1.29 is 19.5 Å². The molecule has 2 aromatic rings. The lowest BCUT2D eigenvalue weighted by atomic mass is 9.85. The number of nitrogens with one attached hydrogen (secondary N) is 3. The minimum Gasteiger partial charge on any atom is -0.391 e. The van der Waals surface area contributed by atoms with Gasteiger partial charge in [-0.05, 0) is 56.8 Å². The van der Waals surface area contributed by atoms with E-state index in [9.17, 15) is 19.5 Å². The maximum atomic E-state index is 13.9. The third-order valence-electron chi connectivity index (χ3n) is 9.39. The van der Waals surface area contributed by atoms with Crippen LogP contribution in [0.2, 0.25) is 0 Å². The predicted molar refractivity (Wildman–Crippen MR) is 196 cm³/mol. The maximum Gasteiger partial charge on any atom is 0.246 e. The molecule has 3 rings (SSSR count). The molecule has 0 spiro atoms. The van der Waals surface area contributed by atoms with Crippen molar-refractivity contribution in [1.29, 1.82) is 0 Å². The van der Waals surface area contributed by atoms with E-state index in [1.54, 1.807) is 11.3 Å². The Morgan fingerprint density at radius 3 is 2.06 bits per heavy atom. The van der Waals surface area contributed by atoms with Crippen molar-refractivity contribution in [1.82, 2.24) is 25.8 Å². The van der Waals surface area contributed by atoms with Crippen LogP contribution in [-0.2, 0) is 14.4 Å². The molecule has 0 bridgehead atoms. The molecular formula is C38H61N5O4S. The van der Waals surface area contributed by atoms with Crippen LogP contribution >= 0.6 is 11.3 Å². The van der Waals surface area contributed by atoms with Gasteiger partial charge in [-0.3, -0.25) is 14.4 Å². The van der Waals surface area contributed by atoms with E-state index in [2.05, 4.69) is 20.9 Å². The van der Waals surface area contributed by atoms with Gasteiger partial charge in [0, 0.05) is 19.4 Å². The molecule has 9 nitrogen and oxygen atoms in total. The highest BCUT2D eigenvalue weighted by Crippen LogP contribution is 2.29. The fourth-order valence-corrected chi connectivity index (χ4v) is 7.24. The van der Waals surface area contributed by atoms with E-state index in [-0.39, 0.29) is 36.7 Å². The first-order chi connectivity index (χ1) is 22.9. The Morgan fingerprint density at radius 2 is 1.52 bits per heavy atom. The summed E-state index contributed by atoms with van der Waals surface area (Å²) >= 11 is 1.60. The quantitative estimate of drug-likeness (QED) is 0.115. The number of benzene rings is 1. The predicted octanol–water partition coefficient (Wildman–Crippen LogP) is 6.69. The van der Waals surface area contributed by atoms with Crippen molar-refractivity contribution in [3.63, 3.8) is 0 Å². The Bertz CT molecular complexity index is 1270. The van der Waals surface area contributed by atoms with Gasteiger partial charge in [-0.1, -0.05) is 103 Å². The summed E-state index contributed by atoms with van der Waals surface area (Å²) in [5, 5.41) is 19.8. The summed E-state index contributed by atoms with van der Waals surface area (Å²) in [6, 6.07) is 6.14. The first kappa shape index (κ1) is 39.6. The summed E-state index contributed by atoms with van der Waals surface area (Å²) in [7, 11) is 2.00. The highest BCUT2D eigenvalue weighted by Gasteiger charge is 2.44. The lowest BCUT2D eigenvalue weighted by Gasteiger charge is -2.35. The molecule has 2 unspecified atom stereocenters. The van der Waals surface area contributed by atoms with Gasteiger partial charge in [0.05, 0.1) is 28.2 Å². The van der Waals surface area contributed by atoms with E-state index in [4.69, 9.17) is 0 Å². The largest absolute Gasteiger partial charge is 0.391 e. The van der Waals surface area contributed by atoms with E-state index < -0.39 is 23.6 Å². The lowest BCUT2D eigenvalue weighted by molar-refractivity contribution is -0.144. The van der Waals surface area contributed by atoms with Crippen molar-refractivity contribution in [2.45, 2.75) is 142 Å². The second-order valence-corrected chi connectivity index (χ2v) is 15.5. The molecule has 2 heterocycles. The van der Waals surface area contributed by atoms with Crippen molar-refractivity contribution in [2.24, 2.45) is 5.41 Å². The highest BCUT2D eigenvalue weighted by atomic mass is 32.1. The fourth-order valence-electron chi connectivity index (χ4n) is 6.43. The number of aryl methyl sites for hydroxylation is 1. The van der Waals surface area contributed by atoms with Gasteiger partial charge < -0.3 is 26.0 Å². The minimum atomic E-state index is -0.811. The van der Waals surface area contributed by atoms with Gasteiger partial charge in [-0.15, -0.1) is 11.3 Å². The second kappa shape index (κ2) is 20.0. The number of rotatable bonds is 20. The van der Waals surface area contributed by atoms with Crippen molar-refractivity contribution in [2.75, 3.05) is 20.1 Å². The first-order valence-electron chi connectivity index (χ1n) is 18.2. The van der Waals surface area contributed by atoms with Gasteiger partial charge in [0.2, 0.25) is 17.7 Å². The van der Waals surface area contributed by atoms with Crippen LogP contribution in [0.1, 0.15) is 128 Å². The average Bonchev–Trinajstić information content (AvgIpc) is 3.66. The number of aliphatic hydroxyl groups is 1. The maximum absolute atomic E-state index is 13.9. The summed E-state index contributed by atoms with van der Waals surface area (Å²) in [5.74, 6) is -0.780. The van der Waals surface area contributed by atoms with Crippen LogP contribution in [0.4, 0.5) is 0 Å². The van der Waals surface area contributed by atoms with Crippen LogP contribution < -0.4 is 16.0 Å². The van der Waals surface area contributed by atoms with Gasteiger partial charge in [-0.25, -0.2) is 4.98 Å². The Kier molecular flexibility index (Phi) is 16.5. The molecule has 0 aliphatic carbocycles. The van der Waals surface area contributed by atoms with Gasteiger partial charge in [-0.2, -0.15) is 0 Å². The SMILES string of the molecule is CNCCCCCCCCCCCCCC(=O)NC(C(=O)N1C[C@H](O)C[C@H]1C(=O)NC(C)c1ccc(-c2scnc2C)cc1)C(C)(C)C. The third kappa shape index (κ3) is 12.6. The highest BCUT2D eigenvalue weighted by molar-refractivity contribution is 7.13. The number of aromatic nitrogens is 1. The number of likely N-dealkylation sites (tertiary alicyclic amines) is 1. The van der Waals surface area contributed by atoms with Crippen LogP contribution in [0, 0.1) is 12.3 Å². The number of carbonyl (C=O) groups is 3. The van der Waals surface area contributed by atoms with Gasteiger partial charge in [0.1, 0.15) is 12.1 Å². The molecule has 1 saturated heterocycles. The molecular weight excluding hydrogens is 623 g/mol. The van der Waals surface area contributed by atoms with E-state index in [1.165, 1.54) is 56.3 Å².